The molecule has 1 fully saturated rings. The molecular weight excluding hydrogens is 364 g/mol. The Labute approximate surface area is 159 Å². The SMILES string of the molecule is Cc1noc2nc(-c3cccc([N+](=O)[O-])c3)cc(C(=O)NCC3CCCO3)c12. The molecule has 2 aromatic heterocycles. The van der Waals surface area contributed by atoms with E-state index in [0.29, 0.717) is 41.1 Å². The van der Waals surface area contributed by atoms with Gasteiger partial charge < -0.3 is 14.6 Å². The maximum atomic E-state index is 12.9. The van der Waals surface area contributed by atoms with Crippen molar-refractivity contribution in [3.05, 3.63) is 51.7 Å². The summed E-state index contributed by atoms with van der Waals surface area (Å²) in [6, 6.07) is 7.68. The molecule has 1 saturated heterocycles. The number of rotatable bonds is 5. The standard InChI is InChI=1S/C19H18N4O5/c1-11-17-15(18(24)20-10-14-6-3-7-27-14)9-16(21-19(17)28-22-11)12-4-2-5-13(8-12)23(25)26/h2,4-5,8-9,14H,3,6-7,10H2,1H3,(H,20,24). The number of carbonyl (C=O) groups excluding carboxylic acids is 1. The first-order chi connectivity index (χ1) is 13.5. The minimum absolute atomic E-state index is 0.0149. The lowest BCUT2D eigenvalue weighted by molar-refractivity contribution is -0.384. The first-order valence-corrected chi connectivity index (χ1v) is 8.94. The molecule has 1 aliphatic rings. The monoisotopic (exact) mass is 382 g/mol. The van der Waals surface area contributed by atoms with E-state index in [0.717, 1.165) is 12.8 Å². The Bertz CT molecular complexity index is 1060. The van der Waals surface area contributed by atoms with E-state index < -0.39 is 4.92 Å². The molecule has 1 unspecified atom stereocenters. The molecule has 4 rings (SSSR count). The normalized spacial score (nSPS) is 16.4. The van der Waals surface area contributed by atoms with E-state index in [-0.39, 0.29) is 23.4 Å². The van der Waals surface area contributed by atoms with Gasteiger partial charge in [-0.1, -0.05) is 17.3 Å². The Balaban J connectivity index is 1.72. The molecule has 0 aliphatic carbocycles. The molecule has 0 spiro atoms. The smallest absolute Gasteiger partial charge is 0.270 e. The highest BCUT2D eigenvalue weighted by molar-refractivity contribution is 6.07. The highest BCUT2D eigenvalue weighted by Gasteiger charge is 2.22. The lowest BCUT2D eigenvalue weighted by Gasteiger charge is -2.12. The molecule has 3 aromatic rings. The van der Waals surface area contributed by atoms with Crippen molar-refractivity contribution < 1.29 is 19.0 Å². The van der Waals surface area contributed by atoms with Crippen molar-refractivity contribution in [1.29, 1.82) is 0 Å². The Hall–Kier alpha value is -3.33. The number of nitrogens with one attached hydrogen (secondary N) is 1. The van der Waals surface area contributed by atoms with Gasteiger partial charge >= 0.3 is 0 Å². The third-order valence-electron chi connectivity index (χ3n) is 4.73. The van der Waals surface area contributed by atoms with Gasteiger partial charge in [-0.3, -0.25) is 14.9 Å². The van der Waals surface area contributed by atoms with Crippen LogP contribution in [0.1, 0.15) is 28.9 Å². The molecule has 9 heteroatoms. The first kappa shape index (κ1) is 18.1. The van der Waals surface area contributed by atoms with E-state index in [1.807, 2.05) is 0 Å². The van der Waals surface area contributed by atoms with Gasteiger partial charge in [-0.05, 0) is 25.8 Å². The van der Waals surface area contributed by atoms with Crippen molar-refractivity contribution in [2.45, 2.75) is 25.9 Å². The number of aromatic nitrogens is 2. The number of nitro groups is 1. The second kappa shape index (κ2) is 7.35. The molecule has 28 heavy (non-hydrogen) atoms. The zero-order valence-electron chi connectivity index (χ0n) is 15.2. The summed E-state index contributed by atoms with van der Waals surface area (Å²) in [6.07, 6.45) is 1.92. The molecular formula is C19H18N4O5. The number of carbonyl (C=O) groups is 1. The number of fused-ring (bicyclic) bond motifs is 1. The van der Waals surface area contributed by atoms with E-state index in [1.54, 1.807) is 25.1 Å². The number of nitro benzene ring substituents is 1. The number of ether oxygens (including phenoxy) is 1. The fraction of sp³-hybridized carbons (Fsp3) is 0.316. The minimum atomic E-state index is -0.476. The molecule has 0 radical (unpaired) electrons. The fourth-order valence-electron chi connectivity index (χ4n) is 3.31. The third-order valence-corrected chi connectivity index (χ3v) is 4.73. The van der Waals surface area contributed by atoms with E-state index in [4.69, 9.17) is 9.26 Å². The maximum Gasteiger partial charge on any atom is 0.270 e. The number of non-ortho nitro benzene ring substituents is 1. The van der Waals surface area contributed by atoms with Crippen molar-refractivity contribution in [2.75, 3.05) is 13.2 Å². The van der Waals surface area contributed by atoms with Gasteiger partial charge in [0.05, 0.1) is 33.4 Å². The minimum Gasteiger partial charge on any atom is -0.376 e. The number of hydrogen-bond acceptors (Lipinski definition) is 7. The van der Waals surface area contributed by atoms with Crippen LogP contribution in [0.25, 0.3) is 22.4 Å². The van der Waals surface area contributed by atoms with Crippen LogP contribution in [0.4, 0.5) is 5.69 Å². The molecule has 1 amide bonds. The number of amides is 1. The van der Waals surface area contributed by atoms with Crippen molar-refractivity contribution in [1.82, 2.24) is 15.5 Å². The molecule has 1 aliphatic heterocycles. The third kappa shape index (κ3) is 3.44. The van der Waals surface area contributed by atoms with Crippen LogP contribution in [0.3, 0.4) is 0 Å². The van der Waals surface area contributed by atoms with Gasteiger partial charge in [0.2, 0.25) is 0 Å². The molecule has 144 valence electrons. The largest absolute Gasteiger partial charge is 0.376 e. The van der Waals surface area contributed by atoms with Crippen LogP contribution >= 0.6 is 0 Å². The summed E-state index contributed by atoms with van der Waals surface area (Å²) in [4.78, 5) is 27.8. The second-order valence-corrected chi connectivity index (χ2v) is 6.66. The van der Waals surface area contributed by atoms with Gasteiger partial charge in [0.15, 0.2) is 0 Å². The summed E-state index contributed by atoms with van der Waals surface area (Å²) in [5, 5.41) is 18.4. The number of benzene rings is 1. The van der Waals surface area contributed by atoms with E-state index in [1.165, 1.54) is 12.1 Å². The Kier molecular flexibility index (Phi) is 4.74. The quantitative estimate of drug-likeness (QED) is 0.532. The predicted molar refractivity (Wildman–Crippen MR) is 99.9 cm³/mol. The highest BCUT2D eigenvalue weighted by Crippen LogP contribution is 2.28. The van der Waals surface area contributed by atoms with Crippen molar-refractivity contribution >= 4 is 22.7 Å². The van der Waals surface area contributed by atoms with Crippen molar-refractivity contribution in [3.8, 4) is 11.3 Å². The van der Waals surface area contributed by atoms with Crippen LogP contribution in [0, 0.1) is 17.0 Å². The molecule has 1 atom stereocenters. The number of pyridine rings is 1. The van der Waals surface area contributed by atoms with Crippen molar-refractivity contribution in [3.63, 3.8) is 0 Å². The zero-order valence-corrected chi connectivity index (χ0v) is 15.2. The van der Waals surface area contributed by atoms with Crippen LogP contribution in [0.5, 0.6) is 0 Å². The molecule has 1 aromatic carbocycles. The summed E-state index contributed by atoms with van der Waals surface area (Å²) < 4.78 is 10.8. The van der Waals surface area contributed by atoms with Crippen molar-refractivity contribution in [2.24, 2.45) is 0 Å². The lowest BCUT2D eigenvalue weighted by atomic mass is 10.0. The van der Waals surface area contributed by atoms with E-state index in [9.17, 15) is 14.9 Å². The van der Waals surface area contributed by atoms with E-state index >= 15 is 0 Å². The second-order valence-electron chi connectivity index (χ2n) is 6.66. The highest BCUT2D eigenvalue weighted by atomic mass is 16.6. The average Bonchev–Trinajstić information content (AvgIpc) is 3.35. The summed E-state index contributed by atoms with van der Waals surface area (Å²) in [5.41, 5.74) is 1.98. The first-order valence-electron chi connectivity index (χ1n) is 8.94. The summed E-state index contributed by atoms with van der Waals surface area (Å²) in [5.74, 6) is -0.291. The van der Waals surface area contributed by atoms with Crippen LogP contribution in [0.15, 0.2) is 34.9 Å². The fourth-order valence-corrected chi connectivity index (χ4v) is 3.31. The van der Waals surface area contributed by atoms with Gasteiger partial charge in [0.1, 0.15) is 0 Å². The molecule has 0 bridgehead atoms. The molecule has 1 N–H and O–H groups in total. The van der Waals surface area contributed by atoms with Crippen LogP contribution in [-0.4, -0.2) is 40.2 Å². The maximum absolute atomic E-state index is 12.9. The van der Waals surface area contributed by atoms with Gasteiger partial charge in [0, 0.05) is 30.8 Å². The van der Waals surface area contributed by atoms with E-state index in [2.05, 4.69) is 15.5 Å². The Morgan fingerprint density at radius 3 is 3.00 bits per heavy atom. The van der Waals surface area contributed by atoms with Crippen LogP contribution in [-0.2, 0) is 4.74 Å². The Morgan fingerprint density at radius 1 is 1.39 bits per heavy atom. The van der Waals surface area contributed by atoms with Crippen LogP contribution in [0.2, 0.25) is 0 Å². The molecule has 3 heterocycles. The number of aryl methyl sites for hydroxylation is 1. The lowest BCUT2D eigenvalue weighted by Crippen LogP contribution is -2.32. The molecule has 0 saturated carbocycles. The average molecular weight is 382 g/mol. The number of nitrogens with zero attached hydrogens (tertiary/aromatic N) is 3. The summed E-state index contributed by atoms with van der Waals surface area (Å²) in [7, 11) is 0. The van der Waals surface area contributed by atoms with Gasteiger partial charge in [-0.2, -0.15) is 0 Å². The Morgan fingerprint density at radius 2 is 2.25 bits per heavy atom. The zero-order chi connectivity index (χ0) is 19.7. The van der Waals surface area contributed by atoms with Crippen LogP contribution < -0.4 is 5.32 Å². The van der Waals surface area contributed by atoms with Gasteiger partial charge in [-0.25, -0.2) is 4.98 Å². The summed E-state index contributed by atoms with van der Waals surface area (Å²) >= 11 is 0. The summed E-state index contributed by atoms with van der Waals surface area (Å²) in [6.45, 7) is 2.86. The van der Waals surface area contributed by atoms with Gasteiger partial charge in [0.25, 0.3) is 17.3 Å². The predicted octanol–water partition coefficient (Wildman–Crippen LogP) is 3.02. The number of hydrogen-bond donors (Lipinski definition) is 1. The topological polar surface area (TPSA) is 120 Å². The van der Waals surface area contributed by atoms with Gasteiger partial charge in [-0.15, -0.1) is 0 Å². The molecule has 9 nitrogen and oxygen atoms in total.